The minimum absolute atomic E-state index is 0.292. The van der Waals surface area contributed by atoms with Crippen LogP contribution < -0.4 is 27.2 Å². The molecule has 340 valence electrons. The number of rotatable bonds is 8. The molecule has 0 aliphatic heterocycles. The average Bonchev–Trinajstić information content (AvgIpc) is 3.27. The summed E-state index contributed by atoms with van der Waals surface area (Å²) in [4.78, 5) is 0. The fourth-order valence-corrected chi connectivity index (χ4v) is 9.78. The first kappa shape index (κ1) is 48.8. The van der Waals surface area contributed by atoms with Crippen LogP contribution in [0.3, 0.4) is 0 Å². The van der Waals surface area contributed by atoms with Crippen LogP contribution in [-0.2, 0) is 0 Å². The van der Waals surface area contributed by atoms with Gasteiger partial charge in [0.05, 0.1) is 11.1 Å². The van der Waals surface area contributed by atoms with Crippen LogP contribution in [0.15, 0.2) is 0 Å². The normalized spacial score (nSPS) is 16.4. The average molecular weight is 902 g/mol. The highest BCUT2D eigenvalue weighted by Gasteiger charge is 2.51. The Morgan fingerprint density at radius 3 is 0.661 bits per heavy atom. The van der Waals surface area contributed by atoms with Gasteiger partial charge in [-0.1, -0.05) is 26.7 Å². The van der Waals surface area contributed by atoms with Gasteiger partial charge in [-0.25, -0.2) is 70.2 Å². The van der Waals surface area contributed by atoms with E-state index in [2.05, 4.69) is 19.2 Å². The Morgan fingerprint density at radius 1 is 0.323 bits per heavy atom. The number of hydrogen-bond donors (Lipinski definition) is 1. The fraction of sp³-hybridized carbons (Fsp3) is 0.455. The van der Waals surface area contributed by atoms with Crippen molar-refractivity contribution in [1.82, 2.24) is 0 Å². The Bertz CT molecular complexity index is 1980. The summed E-state index contributed by atoms with van der Waals surface area (Å²) in [6.07, 6.45) is 11.0. The van der Waals surface area contributed by atoms with Crippen molar-refractivity contribution in [2.75, 3.05) is 0 Å². The van der Waals surface area contributed by atoms with Crippen molar-refractivity contribution < 1.29 is 75.6 Å². The standard InChI is InChI=1S/C28H12BF16.C16H31N/c1-5-13(30)21(38)9(22(39)14(5)31)29(10-23(40)15(32)6(2)16(33)24(10)41,11-25(42)17(34)7(3)18(35)26(11)43)12-27(44)19(36)8(4)20(37)28(12)45;1-3-15(11-7-5-8-12-15)17-16(4-2)13-9-6-10-14-16/h1-4H3;17H,3-14H2,1-2H3/q-1;/p+1. The summed E-state index contributed by atoms with van der Waals surface area (Å²) in [5, 5.41) is 2.87. The third kappa shape index (κ3) is 7.67. The molecular formula is C44H44BF16N. The van der Waals surface area contributed by atoms with Gasteiger partial charge in [-0.2, -0.15) is 0 Å². The van der Waals surface area contributed by atoms with E-state index in [1.807, 2.05) is 0 Å². The lowest BCUT2D eigenvalue weighted by Crippen LogP contribution is -3.06. The van der Waals surface area contributed by atoms with Crippen LogP contribution >= 0.6 is 0 Å². The van der Waals surface area contributed by atoms with E-state index in [1.165, 1.54) is 77.0 Å². The van der Waals surface area contributed by atoms with E-state index in [0.717, 1.165) is 0 Å². The summed E-state index contributed by atoms with van der Waals surface area (Å²) >= 11 is 0. The van der Waals surface area contributed by atoms with Crippen molar-refractivity contribution in [3.63, 3.8) is 0 Å². The fourth-order valence-electron chi connectivity index (χ4n) is 9.78. The van der Waals surface area contributed by atoms with Gasteiger partial charge in [0.15, 0.2) is 46.5 Å². The van der Waals surface area contributed by atoms with Gasteiger partial charge >= 0.3 is 0 Å². The third-order valence-electron chi connectivity index (χ3n) is 13.5. The maximum absolute atomic E-state index is 15.8. The molecule has 18 heteroatoms. The van der Waals surface area contributed by atoms with Crippen LogP contribution in [-0.4, -0.2) is 17.2 Å². The topological polar surface area (TPSA) is 16.6 Å². The van der Waals surface area contributed by atoms with E-state index >= 15 is 70.2 Å². The molecule has 2 aliphatic rings. The number of hydrogen-bond acceptors (Lipinski definition) is 0. The SMILES string of the molecule is CCC1([NH2+]C2(CC)CCCCC2)CCCCC1.Cc1c(F)c(F)c([B-](c2c(F)c(F)c(C)c(F)c2F)(c2c(F)c(F)c(C)c(F)c2F)c2c(F)c(F)c(C)c(F)c2F)c(F)c1F. The molecule has 1 nitrogen and oxygen atoms in total. The van der Waals surface area contributed by atoms with Gasteiger partial charge in [0.1, 0.15) is 52.7 Å². The molecule has 0 spiro atoms. The minimum atomic E-state index is -6.55. The van der Waals surface area contributed by atoms with E-state index in [4.69, 9.17) is 0 Å². The first-order valence-electron chi connectivity index (χ1n) is 20.3. The first-order chi connectivity index (χ1) is 28.9. The second-order valence-electron chi connectivity index (χ2n) is 16.7. The molecule has 0 amide bonds. The quantitative estimate of drug-likeness (QED) is 0.103. The van der Waals surface area contributed by atoms with E-state index in [9.17, 15) is 0 Å². The Balaban J connectivity index is 0.000000355. The molecule has 4 aromatic carbocycles. The van der Waals surface area contributed by atoms with Crippen LogP contribution in [0.4, 0.5) is 70.2 Å². The largest absolute Gasteiger partial charge is 0.337 e. The zero-order valence-electron chi connectivity index (χ0n) is 34.7. The highest BCUT2D eigenvalue weighted by Crippen LogP contribution is 2.34. The maximum atomic E-state index is 15.8. The zero-order valence-corrected chi connectivity index (χ0v) is 34.7. The molecule has 0 bridgehead atoms. The number of benzene rings is 4. The van der Waals surface area contributed by atoms with Crippen LogP contribution in [0.2, 0.25) is 0 Å². The number of nitrogens with two attached hydrogens (primary N) is 1. The molecule has 0 unspecified atom stereocenters. The van der Waals surface area contributed by atoms with Crippen molar-refractivity contribution in [2.24, 2.45) is 0 Å². The molecule has 0 radical (unpaired) electrons. The summed E-state index contributed by atoms with van der Waals surface area (Å²) in [5.74, 6) is -45.7. The van der Waals surface area contributed by atoms with Crippen LogP contribution in [0.1, 0.15) is 113 Å². The predicted octanol–water partition coefficient (Wildman–Crippen LogP) is 10.3. The molecule has 2 fully saturated rings. The Kier molecular flexibility index (Phi) is 14.3. The third-order valence-corrected chi connectivity index (χ3v) is 13.5. The van der Waals surface area contributed by atoms with Crippen LogP contribution in [0.5, 0.6) is 0 Å². The van der Waals surface area contributed by atoms with E-state index in [-0.39, 0.29) is 0 Å². The van der Waals surface area contributed by atoms with E-state index in [1.54, 1.807) is 0 Å². The smallest absolute Gasteiger partial charge is 0.161 e. The molecule has 4 aromatic rings. The van der Waals surface area contributed by atoms with Crippen molar-refractivity contribution in [3.05, 3.63) is 115 Å². The Hall–Kier alpha value is -4.22. The molecule has 6 rings (SSSR count). The molecule has 0 heterocycles. The molecule has 2 N–H and O–H groups in total. The van der Waals surface area contributed by atoms with Crippen molar-refractivity contribution in [3.8, 4) is 0 Å². The monoisotopic (exact) mass is 901 g/mol. The number of halogens is 16. The summed E-state index contributed by atoms with van der Waals surface area (Å²) in [6, 6.07) is 0. The van der Waals surface area contributed by atoms with Gasteiger partial charge < -0.3 is 5.32 Å². The molecule has 0 saturated heterocycles. The van der Waals surface area contributed by atoms with Gasteiger partial charge in [-0.05, 0) is 66.2 Å². The molecule has 0 atom stereocenters. The lowest BCUT2D eigenvalue weighted by atomic mass is 9.12. The second-order valence-corrected chi connectivity index (χ2v) is 16.7. The van der Waals surface area contributed by atoms with Gasteiger partial charge in [0.2, 0.25) is 0 Å². The molecule has 2 saturated carbocycles. The van der Waals surface area contributed by atoms with Crippen molar-refractivity contribution >= 4 is 28.0 Å². The van der Waals surface area contributed by atoms with E-state index in [0.29, 0.717) is 38.8 Å². The number of quaternary nitrogens is 1. The van der Waals surface area contributed by atoms with Gasteiger partial charge in [0.25, 0.3) is 0 Å². The van der Waals surface area contributed by atoms with E-state index < -0.39 is 143 Å². The van der Waals surface area contributed by atoms with Crippen molar-refractivity contribution in [1.29, 1.82) is 0 Å². The maximum Gasteiger partial charge on any atom is 0.161 e. The lowest BCUT2D eigenvalue weighted by Gasteiger charge is -2.45. The Morgan fingerprint density at radius 2 is 0.500 bits per heavy atom. The lowest BCUT2D eigenvalue weighted by molar-refractivity contribution is -0.796. The molecular weight excluding hydrogens is 857 g/mol. The first-order valence-corrected chi connectivity index (χ1v) is 20.3. The molecule has 0 aromatic heterocycles. The van der Waals surface area contributed by atoms with Crippen LogP contribution in [0, 0.1) is 121 Å². The summed E-state index contributed by atoms with van der Waals surface area (Å²) in [7, 11) is 0. The Labute approximate surface area is 348 Å². The van der Waals surface area contributed by atoms with Gasteiger partial charge in [-0.15, -0.1) is 21.9 Å². The second kappa shape index (κ2) is 18.1. The highest BCUT2D eigenvalue weighted by molar-refractivity contribution is 7.20. The van der Waals surface area contributed by atoms with Crippen LogP contribution in [0.25, 0.3) is 0 Å². The highest BCUT2D eigenvalue weighted by atomic mass is 19.2. The predicted molar refractivity (Wildman–Crippen MR) is 202 cm³/mol. The zero-order chi connectivity index (χ0) is 46.5. The summed E-state index contributed by atoms with van der Waals surface area (Å²) in [5.41, 5.74) is -17.3. The van der Waals surface area contributed by atoms with Crippen molar-refractivity contribution in [2.45, 2.75) is 130 Å². The summed E-state index contributed by atoms with van der Waals surface area (Å²) in [6.45, 7) is 6.02. The summed E-state index contributed by atoms with van der Waals surface area (Å²) < 4.78 is 247. The minimum Gasteiger partial charge on any atom is -0.337 e. The van der Waals surface area contributed by atoms with Gasteiger partial charge in [-0.3, -0.25) is 0 Å². The molecule has 62 heavy (non-hydrogen) atoms. The molecule has 2 aliphatic carbocycles. The van der Waals surface area contributed by atoms with Gasteiger partial charge in [0, 0.05) is 47.9 Å².